The van der Waals surface area contributed by atoms with E-state index in [1.165, 1.54) is 0 Å². The zero-order valence-corrected chi connectivity index (χ0v) is 8.66. The minimum Gasteiger partial charge on any atom is -0.486 e. The van der Waals surface area contributed by atoms with Gasteiger partial charge in [-0.2, -0.15) is 5.10 Å². The van der Waals surface area contributed by atoms with E-state index in [0.29, 0.717) is 6.54 Å². The van der Waals surface area contributed by atoms with Crippen molar-refractivity contribution < 1.29 is 4.74 Å². The van der Waals surface area contributed by atoms with Crippen LogP contribution in [0.3, 0.4) is 0 Å². The number of nitrogens with zero attached hydrogens (tertiary/aromatic N) is 2. The Morgan fingerprint density at radius 2 is 2.15 bits per heavy atom. The van der Waals surface area contributed by atoms with Crippen LogP contribution in [0.5, 0.6) is 5.75 Å². The first kappa shape index (κ1) is 10.1. The number of aromatic nitrogens is 2. The topological polar surface area (TPSA) is 53.1 Å². The Balaban J connectivity index is 2.87. The quantitative estimate of drug-likeness (QED) is 0.752. The number of ether oxygens (including phenoxy) is 1. The van der Waals surface area contributed by atoms with E-state index in [1.807, 2.05) is 32.5 Å². The number of aryl methyl sites for hydroxylation is 2. The molecule has 13 heavy (non-hydrogen) atoms. The van der Waals surface area contributed by atoms with Gasteiger partial charge in [-0.25, -0.2) is 0 Å². The van der Waals surface area contributed by atoms with Gasteiger partial charge in [-0.3, -0.25) is 4.68 Å². The molecule has 4 heteroatoms. The Bertz CT molecular complexity index is 293. The van der Waals surface area contributed by atoms with Gasteiger partial charge in [0.05, 0.1) is 5.69 Å². The molecule has 1 unspecified atom stereocenters. The summed E-state index contributed by atoms with van der Waals surface area (Å²) in [6.07, 6.45) is 0.0431. The molecule has 1 aromatic rings. The molecule has 0 fully saturated rings. The molecule has 0 aromatic carbocycles. The number of hydrogen-bond acceptors (Lipinski definition) is 3. The second-order valence-corrected chi connectivity index (χ2v) is 3.29. The smallest absolute Gasteiger partial charge is 0.163 e. The van der Waals surface area contributed by atoms with Gasteiger partial charge in [-0.15, -0.1) is 0 Å². The van der Waals surface area contributed by atoms with Gasteiger partial charge in [0.1, 0.15) is 11.8 Å². The maximum atomic E-state index is 5.64. The van der Waals surface area contributed by atoms with Gasteiger partial charge in [0.25, 0.3) is 0 Å². The van der Waals surface area contributed by atoms with Crippen LogP contribution < -0.4 is 10.5 Å². The molecular weight excluding hydrogens is 166 g/mol. The molecule has 0 radical (unpaired) electrons. The molecule has 74 valence electrons. The lowest BCUT2D eigenvalue weighted by Crippen LogP contribution is -2.23. The van der Waals surface area contributed by atoms with Crippen molar-refractivity contribution in [3.05, 3.63) is 11.4 Å². The van der Waals surface area contributed by atoms with Gasteiger partial charge in [-0.05, 0) is 20.8 Å². The second-order valence-electron chi connectivity index (χ2n) is 3.29. The van der Waals surface area contributed by atoms with Gasteiger partial charge in [0, 0.05) is 13.6 Å². The minimum atomic E-state index is 0.0431. The van der Waals surface area contributed by atoms with E-state index >= 15 is 0 Å². The molecule has 0 aliphatic heterocycles. The molecule has 0 aliphatic carbocycles. The van der Waals surface area contributed by atoms with Crippen molar-refractivity contribution in [2.75, 3.05) is 6.54 Å². The lowest BCUT2D eigenvalue weighted by atomic mass is 10.3. The van der Waals surface area contributed by atoms with Crippen molar-refractivity contribution in [3.63, 3.8) is 0 Å². The fourth-order valence-corrected chi connectivity index (χ4v) is 1.17. The molecule has 1 aromatic heterocycles. The third kappa shape index (κ3) is 2.01. The molecule has 1 atom stereocenters. The lowest BCUT2D eigenvalue weighted by molar-refractivity contribution is 0.226. The second kappa shape index (κ2) is 3.79. The van der Waals surface area contributed by atoms with Gasteiger partial charge in [0.2, 0.25) is 0 Å². The summed E-state index contributed by atoms with van der Waals surface area (Å²) in [6.45, 7) is 6.39. The van der Waals surface area contributed by atoms with Crippen molar-refractivity contribution >= 4 is 0 Å². The summed E-state index contributed by atoms with van der Waals surface area (Å²) in [7, 11) is 1.91. The summed E-state index contributed by atoms with van der Waals surface area (Å²) in [4.78, 5) is 0. The van der Waals surface area contributed by atoms with E-state index < -0.39 is 0 Å². The first-order valence-corrected chi connectivity index (χ1v) is 4.43. The highest BCUT2D eigenvalue weighted by Crippen LogP contribution is 2.22. The molecule has 2 N–H and O–H groups in total. The average Bonchev–Trinajstić information content (AvgIpc) is 2.32. The van der Waals surface area contributed by atoms with Crippen LogP contribution in [0, 0.1) is 13.8 Å². The highest BCUT2D eigenvalue weighted by atomic mass is 16.5. The number of hydrogen-bond donors (Lipinski definition) is 1. The average molecular weight is 183 g/mol. The zero-order valence-electron chi connectivity index (χ0n) is 8.66. The van der Waals surface area contributed by atoms with Gasteiger partial charge in [-0.1, -0.05) is 0 Å². The summed E-state index contributed by atoms with van der Waals surface area (Å²) < 4.78 is 7.45. The predicted octanol–water partition coefficient (Wildman–Crippen LogP) is 0.763. The van der Waals surface area contributed by atoms with Crippen LogP contribution in [-0.2, 0) is 7.05 Å². The Kier molecular flexibility index (Phi) is 2.93. The molecular formula is C9H17N3O. The standard InChI is InChI=1S/C9H17N3O/c1-6(5-10)13-9-7(2)11-12(4)8(9)3/h6H,5,10H2,1-4H3. The molecule has 0 saturated heterocycles. The van der Waals surface area contributed by atoms with Crippen molar-refractivity contribution in [1.29, 1.82) is 0 Å². The normalized spacial score (nSPS) is 13.0. The fourth-order valence-electron chi connectivity index (χ4n) is 1.17. The predicted molar refractivity (Wildman–Crippen MR) is 51.8 cm³/mol. The van der Waals surface area contributed by atoms with Crippen molar-refractivity contribution in [2.24, 2.45) is 12.8 Å². The van der Waals surface area contributed by atoms with E-state index in [2.05, 4.69) is 5.10 Å². The Morgan fingerprint density at radius 1 is 1.54 bits per heavy atom. The van der Waals surface area contributed by atoms with E-state index in [9.17, 15) is 0 Å². The van der Waals surface area contributed by atoms with Crippen molar-refractivity contribution in [1.82, 2.24) is 9.78 Å². The van der Waals surface area contributed by atoms with Gasteiger partial charge < -0.3 is 10.5 Å². The maximum Gasteiger partial charge on any atom is 0.163 e. The van der Waals surface area contributed by atoms with Crippen LogP contribution in [0.4, 0.5) is 0 Å². The van der Waals surface area contributed by atoms with E-state index in [-0.39, 0.29) is 6.10 Å². The highest BCUT2D eigenvalue weighted by molar-refractivity contribution is 5.31. The Hall–Kier alpha value is -1.03. The lowest BCUT2D eigenvalue weighted by Gasteiger charge is -2.12. The third-order valence-electron chi connectivity index (χ3n) is 2.09. The van der Waals surface area contributed by atoms with Crippen LogP contribution in [0.15, 0.2) is 0 Å². The minimum absolute atomic E-state index is 0.0431. The van der Waals surface area contributed by atoms with E-state index in [0.717, 1.165) is 17.1 Å². The number of rotatable bonds is 3. The summed E-state index contributed by atoms with van der Waals surface area (Å²) in [5, 5.41) is 4.25. The van der Waals surface area contributed by atoms with Crippen LogP contribution in [0.1, 0.15) is 18.3 Å². The molecule has 0 bridgehead atoms. The van der Waals surface area contributed by atoms with Crippen molar-refractivity contribution in [3.8, 4) is 5.75 Å². The summed E-state index contributed by atoms with van der Waals surface area (Å²) in [6, 6.07) is 0. The molecule has 1 rings (SSSR count). The Morgan fingerprint density at radius 3 is 2.54 bits per heavy atom. The molecule has 0 spiro atoms. The Labute approximate surface area is 78.7 Å². The molecule has 1 heterocycles. The largest absolute Gasteiger partial charge is 0.486 e. The first-order valence-electron chi connectivity index (χ1n) is 4.43. The SMILES string of the molecule is Cc1nn(C)c(C)c1OC(C)CN. The summed E-state index contributed by atoms with van der Waals surface area (Å²) >= 11 is 0. The van der Waals surface area contributed by atoms with Gasteiger partial charge in [0.15, 0.2) is 5.75 Å². The molecule has 4 nitrogen and oxygen atoms in total. The van der Waals surface area contributed by atoms with Crippen LogP contribution in [0.25, 0.3) is 0 Å². The molecule has 0 saturated carbocycles. The molecule has 0 amide bonds. The van der Waals surface area contributed by atoms with E-state index in [4.69, 9.17) is 10.5 Å². The molecule has 0 aliphatic rings. The monoisotopic (exact) mass is 183 g/mol. The van der Waals surface area contributed by atoms with Gasteiger partial charge >= 0.3 is 0 Å². The van der Waals surface area contributed by atoms with Crippen LogP contribution in [-0.4, -0.2) is 22.4 Å². The summed E-state index contributed by atoms with van der Waals surface area (Å²) in [5.74, 6) is 0.862. The van der Waals surface area contributed by atoms with Crippen molar-refractivity contribution in [2.45, 2.75) is 26.9 Å². The van der Waals surface area contributed by atoms with E-state index in [1.54, 1.807) is 0 Å². The third-order valence-corrected chi connectivity index (χ3v) is 2.09. The van der Waals surface area contributed by atoms with Crippen LogP contribution >= 0.6 is 0 Å². The summed E-state index contributed by atoms with van der Waals surface area (Å²) in [5.41, 5.74) is 7.43. The number of nitrogens with two attached hydrogens (primary N) is 1. The zero-order chi connectivity index (χ0) is 10.0. The fraction of sp³-hybridized carbons (Fsp3) is 0.667. The maximum absolute atomic E-state index is 5.64. The van der Waals surface area contributed by atoms with Crippen LogP contribution in [0.2, 0.25) is 0 Å². The first-order chi connectivity index (χ1) is 6.06. The highest BCUT2D eigenvalue weighted by Gasteiger charge is 2.12.